The van der Waals surface area contributed by atoms with Crippen LogP contribution in [-0.4, -0.2) is 32.0 Å². The predicted octanol–water partition coefficient (Wildman–Crippen LogP) is 2.06. The molecule has 106 valence electrons. The van der Waals surface area contributed by atoms with E-state index in [0.29, 0.717) is 0 Å². The van der Waals surface area contributed by atoms with E-state index in [4.69, 9.17) is 0 Å². The van der Waals surface area contributed by atoms with Gasteiger partial charge in [-0.25, -0.2) is 13.2 Å². The van der Waals surface area contributed by atoms with Gasteiger partial charge in [-0.1, -0.05) is 0 Å². The second kappa shape index (κ2) is 5.38. The van der Waals surface area contributed by atoms with Crippen LogP contribution in [0.3, 0.4) is 0 Å². The van der Waals surface area contributed by atoms with Crippen LogP contribution >= 0.6 is 0 Å². The standard InChI is InChI=1S/C11H13F3N2O2S/c12-8-3-5-16(6-4-8)19(17,18)15-11-7-9(13)1-2-10(11)14/h1-2,7-8,15H,3-6H2. The molecule has 4 nitrogen and oxygen atoms in total. The highest BCUT2D eigenvalue weighted by atomic mass is 32.2. The predicted molar refractivity (Wildman–Crippen MR) is 64.6 cm³/mol. The molecule has 0 unspecified atom stereocenters. The number of halogens is 3. The quantitative estimate of drug-likeness (QED) is 0.927. The first-order valence-electron chi connectivity index (χ1n) is 5.75. The molecule has 1 heterocycles. The van der Waals surface area contributed by atoms with Gasteiger partial charge in [-0.3, -0.25) is 4.72 Å². The van der Waals surface area contributed by atoms with Crippen LogP contribution in [-0.2, 0) is 10.2 Å². The van der Waals surface area contributed by atoms with E-state index in [2.05, 4.69) is 0 Å². The van der Waals surface area contributed by atoms with Crippen molar-refractivity contribution in [2.45, 2.75) is 19.0 Å². The molecule has 0 amide bonds. The average molecular weight is 294 g/mol. The summed E-state index contributed by atoms with van der Waals surface area (Å²) in [5.41, 5.74) is -0.456. The molecule has 1 saturated heterocycles. The fourth-order valence-corrected chi connectivity index (χ4v) is 3.10. The second-order valence-electron chi connectivity index (χ2n) is 4.30. The minimum Gasteiger partial charge on any atom is -0.268 e. The third-order valence-electron chi connectivity index (χ3n) is 2.89. The lowest BCUT2D eigenvalue weighted by molar-refractivity contribution is 0.211. The van der Waals surface area contributed by atoms with Crippen LogP contribution in [0.4, 0.5) is 18.9 Å². The molecule has 1 aromatic rings. The van der Waals surface area contributed by atoms with Crippen molar-refractivity contribution in [1.82, 2.24) is 4.31 Å². The number of rotatable bonds is 3. The number of piperidine rings is 1. The van der Waals surface area contributed by atoms with Gasteiger partial charge in [0.05, 0.1) is 5.69 Å². The SMILES string of the molecule is O=S(=O)(Nc1cc(F)ccc1F)N1CCC(F)CC1. The molecule has 0 aliphatic carbocycles. The van der Waals surface area contributed by atoms with Crippen LogP contribution in [0.15, 0.2) is 18.2 Å². The topological polar surface area (TPSA) is 49.4 Å². The zero-order valence-corrected chi connectivity index (χ0v) is 10.8. The molecule has 1 N–H and O–H groups in total. The highest BCUT2D eigenvalue weighted by Crippen LogP contribution is 2.21. The minimum atomic E-state index is -3.99. The Labute approximate surface area is 109 Å². The second-order valence-corrected chi connectivity index (χ2v) is 5.98. The zero-order chi connectivity index (χ0) is 14.0. The summed E-state index contributed by atoms with van der Waals surface area (Å²) in [7, 11) is -3.99. The van der Waals surface area contributed by atoms with Crippen molar-refractivity contribution in [2.75, 3.05) is 17.8 Å². The Hall–Kier alpha value is -1.28. The van der Waals surface area contributed by atoms with Gasteiger partial charge in [-0.15, -0.1) is 0 Å². The summed E-state index contributed by atoms with van der Waals surface area (Å²) < 4.78 is 66.1. The highest BCUT2D eigenvalue weighted by Gasteiger charge is 2.28. The molecule has 0 radical (unpaired) electrons. The van der Waals surface area contributed by atoms with E-state index in [1.165, 1.54) is 0 Å². The first-order valence-corrected chi connectivity index (χ1v) is 7.19. The smallest absolute Gasteiger partial charge is 0.268 e. The summed E-state index contributed by atoms with van der Waals surface area (Å²) in [5.74, 6) is -1.62. The summed E-state index contributed by atoms with van der Waals surface area (Å²) in [6, 6.07) is 2.48. The maximum absolute atomic E-state index is 13.4. The molecule has 0 atom stereocenters. The molecule has 0 aromatic heterocycles. The molecule has 0 saturated carbocycles. The monoisotopic (exact) mass is 294 g/mol. The Bertz CT molecular complexity index is 557. The summed E-state index contributed by atoms with van der Waals surface area (Å²) in [5, 5.41) is 0. The molecule has 8 heteroatoms. The Morgan fingerprint density at radius 2 is 1.84 bits per heavy atom. The molecular weight excluding hydrogens is 281 g/mol. The van der Waals surface area contributed by atoms with E-state index in [1.807, 2.05) is 4.72 Å². The molecule has 19 heavy (non-hydrogen) atoms. The fraction of sp³-hybridized carbons (Fsp3) is 0.455. The molecule has 1 aliphatic rings. The van der Waals surface area contributed by atoms with E-state index in [1.54, 1.807) is 0 Å². The molecule has 1 aliphatic heterocycles. The van der Waals surface area contributed by atoms with Crippen molar-refractivity contribution in [2.24, 2.45) is 0 Å². The van der Waals surface area contributed by atoms with Crippen LogP contribution in [0.25, 0.3) is 0 Å². The van der Waals surface area contributed by atoms with Gasteiger partial charge in [-0.2, -0.15) is 12.7 Å². The Morgan fingerprint density at radius 1 is 1.21 bits per heavy atom. The Kier molecular flexibility index (Phi) is 4.00. The van der Waals surface area contributed by atoms with E-state index in [9.17, 15) is 21.6 Å². The van der Waals surface area contributed by atoms with Gasteiger partial charge in [0.15, 0.2) is 0 Å². The lowest BCUT2D eigenvalue weighted by Gasteiger charge is -2.28. The number of anilines is 1. The number of alkyl halides is 1. The minimum absolute atomic E-state index is 0.0213. The third-order valence-corrected chi connectivity index (χ3v) is 4.41. The number of hydrogen-bond donors (Lipinski definition) is 1. The molecule has 1 fully saturated rings. The van der Waals surface area contributed by atoms with E-state index in [-0.39, 0.29) is 25.9 Å². The molecule has 2 rings (SSSR count). The van der Waals surface area contributed by atoms with Crippen molar-refractivity contribution in [3.63, 3.8) is 0 Å². The summed E-state index contributed by atoms with van der Waals surface area (Å²) >= 11 is 0. The van der Waals surface area contributed by atoms with Gasteiger partial charge in [0.25, 0.3) is 0 Å². The largest absolute Gasteiger partial charge is 0.301 e. The Balaban J connectivity index is 2.15. The maximum Gasteiger partial charge on any atom is 0.301 e. The maximum atomic E-state index is 13.4. The van der Waals surface area contributed by atoms with Gasteiger partial charge in [0, 0.05) is 19.2 Å². The van der Waals surface area contributed by atoms with Gasteiger partial charge < -0.3 is 0 Å². The number of benzene rings is 1. The van der Waals surface area contributed by atoms with Crippen molar-refractivity contribution in [3.05, 3.63) is 29.8 Å². The summed E-state index contributed by atoms with van der Waals surface area (Å²) in [6.07, 6.45) is -0.809. The van der Waals surface area contributed by atoms with Crippen molar-refractivity contribution < 1.29 is 21.6 Å². The van der Waals surface area contributed by atoms with E-state index < -0.39 is 33.7 Å². The van der Waals surface area contributed by atoms with E-state index >= 15 is 0 Å². The lowest BCUT2D eigenvalue weighted by atomic mass is 10.1. The van der Waals surface area contributed by atoms with Crippen LogP contribution in [0.2, 0.25) is 0 Å². The van der Waals surface area contributed by atoms with Crippen molar-refractivity contribution in [3.8, 4) is 0 Å². The van der Waals surface area contributed by atoms with Gasteiger partial charge in [-0.05, 0) is 25.0 Å². The average Bonchev–Trinajstić information content (AvgIpc) is 2.34. The van der Waals surface area contributed by atoms with Crippen molar-refractivity contribution in [1.29, 1.82) is 0 Å². The highest BCUT2D eigenvalue weighted by molar-refractivity contribution is 7.90. The van der Waals surface area contributed by atoms with Crippen LogP contribution in [0.5, 0.6) is 0 Å². The number of hydrogen-bond acceptors (Lipinski definition) is 2. The molecule has 0 spiro atoms. The summed E-state index contributed by atoms with van der Waals surface area (Å²) in [4.78, 5) is 0. The van der Waals surface area contributed by atoms with E-state index in [0.717, 1.165) is 22.5 Å². The Morgan fingerprint density at radius 3 is 2.47 bits per heavy atom. The molecular formula is C11H13F3N2O2S. The van der Waals surface area contributed by atoms with Gasteiger partial charge in [0.1, 0.15) is 17.8 Å². The summed E-state index contributed by atoms with van der Waals surface area (Å²) in [6.45, 7) is 0.0425. The first kappa shape index (κ1) is 14.1. The lowest BCUT2D eigenvalue weighted by Crippen LogP contribution is -2.42. The van der Waals surface area contributed by atoms with Gasteiger partial charge in [0.2, 0.25) is 0 Å². The molecule has 0 bridgehead atoms. The number of nitrogens with one attached hydrogen (secondary N) is 1. The normalized spacial score (nSPS) is 18.5. The van der Waals surface area contributed by atoms with Crippen LogP contribution in [0, 0.1) is 11.6 Å². The first-order chi connectivity index (χ1) is 8.88. The fourth-order valence-electron chi connectivity index (χ4n) is 1.84. The number of nitrogens with zero attached hydrogens (tertiary/aromatic N) is 1. The third kappa shape index (κ3) is 3.38. The zero-order valence-electron chi connectivity index (χ0n) is 9.94. The van der Waals surface area contributed by atoms with Gasteiger partial charge >= 0.3 is 10.2 Å². The van der Waals surface area contributed by atoms with Crippen molar-refractivity contribution >= 4 is 15.9 Å². The molecule has 1 aromatic carbocycles. The van der Waals surface area contributed by atoms with Crippen LogP contribution in [0.1, 0.15) is 12.8 Å². The van der Waals surface area contributed by atoms with Crippen LogP contribution < -0.4 is 4.72 Å².